The van der Waals surface area contributed by atoms with Crippen molar-refractivity contribution in [3.05, 3.63) is 28.2 Å². The Morgan fingerprint density at radius 2 is 1.91 bits per heavy atom. The molecule has 0 bridgehead atoms. The van der Waals surface area contributed by atoms with Gasteiger partial charge in [-0.2, -0.15) is 0 Å². The quantitative estimate of drug-likeness (QED) is 0.899. The highest BCUT2D eigenvalue weighted by Crippen LogP contribution is 2.28. The summed E-state index contributed by atoms with van der Waals surface area (Å²) in [6, 6.07) is 4.88. The smallest absolute Gasteiger partial charge is 0.407 e. The number of hydrogen-bond donors (Lipinski definition) is 1. The SMILES string of the molecule is CC(=O)N(CCNC(=O)OC(C)(C)C)c1ccc(Cl)cc1Cl. The Balaban J connectivity index is 2.67. The van der Waals surface area contributed by atoms with Gasteiger partial charge in [-0.1, -0.05) is 23.2 Å². The first kappa shape index (κ1) is 18.6. The fraction of sp³-hybridized carbons (Fsp3) is 0.467. The van der Waals surface area contributed by atoms with Gasteiger partial charge in [0.2, 0.25) is 5.91 Å². The summed E-state index contributed by atoms with van der Waals surface area (Å²) in [5.41, 5.74) is -0.0198. The molecule has 5 nitrogen and oxygen atoms in total. The number of alkyl carbamates (subject to hydrolysis) is 1. The lowest BCUT2D eigenvalue weighted by Crippen LogP contribution is -2.39. The van der Waals surface area contributed by atoms with E-state index in [1.165, 1.54) is 11.8 Å². The molecule has 0 heterocycles. The van der Waals surface area contributed by atoms with Gasteiger partial charge in [0.15, 0.2) is 0 Å². The van der Waals surface area contributed by atoms with E-state index >= 15 is 0 Å². The van der Waals surface area contributed by atoms with E-state index in [1.807, 2.05) is 0 Å². The zero-order valence-electron chi connectivity index (χ0n) is 13.1. The molecule has 1 rings (SSSR count). The van der Waals surface area contributed by atoms with Gasteiger partial charge >= 0.3 is 6.09 Å². The number of ether oxygens (including phenoxy) is 1. The van der Waals surface area contributed by atoms with Crippen LogP contribution in [0.4, 0.5) is 10.5 Å². The average Bonchev–Trinajstić information content (AvgIpc) is 2.33. The van der Waals surface area contributed by atoms with E-state index in [0.29, 0.717) is 15.7 Å². The molecule has 1 aromatic rings. The Hall–Kier alpha value is -1.46. The maximum atomic E-state index is 11.8. The minimum absolute atomic E-state index is 0.185. The van der Waals surface area contributed by atoms with Crippen molar-refractivity contribution in [2.45, 2.75) is 33.3 Å². The highest BCUT2D eigenvalue weighted by atomic mass is 35.5. The third-order valence-corrected chi connectivity index (χ3v) is 3.12. The number of amides is 2. The first-order chi connectivity index (χ1) is 10.1. The molecule has 0 spiro atoms. The summed E-state index contributed by atoms with van der Waals surface area (Å²) < 4.78 is 5.13. The van der Waals surface area contributed by atoms with E-state index in [2.05, 4.69) is 5.32 Å². The Morgan fingerprint density at radius 1 is 1.27 bits per heavy atom. The van der Waals surface area contributed by atoms with Crippen molar-refractivity contribution in [3.63, 3.8) is 0 Å². The van der Waals surface area contributed by atoms with Gasteiger partial charge in [-0.25, -0.2) is 4.79 Å². The van der Waals surface area contributed by atoms with Gasteiger partial charge in [-0.3, -0.25) is 4.79 Å². The van der Waals surface area contributed by atoms with Crippen LogP contribution in [0, 0.1) is 0 Å². The number of benzene rings is 1. The molecule has 2 amide bonds. The minimum atomic E-state index is -0.566. The van der Waals surface area contributed by atoms with Gasteiger partial charge in [0.1, 0.15) is 5.60 Å². The number of rotatable bonds is 4. The van der Waals surface area contributed by atoms with E-state index in [-0.39, 0.29) is 19.0 Å². The van der Waals surface area contributed by atoms with Crippen LogP contribution in [0.2, 0.25) is 10.0 Å². The van der Waals surface area contributed by atoms with Crippen LogP contribution in [0.15, 0.2) is 18.2 Å². The summed E-state index contributed by atoms with van der Waals surface area (Å²) in [4.78, 5) is 24.8. The molecule has 0 radical (unpaired) electrons. The first-order valence-electron chi connectivity index (χ1n) is 6.80. The van der Waals surface area contributed by atoms with Gasteiger partial charge < -0.3 is 15.0 Å². The third kappa shape index (κ3) is 6.12. The molecule has 0 fully saturated rings. The van der Waals surface area contributed by atoms with E-state index < -0.39 is 11.7 Å². The minimum Gasteiger partial charge on any atom is -0.444 e. The van der Waals surface area contributed by atoms with Crippen LogP contribution in [0.1, 0.15) is 27.7 Å². The van der Waals surface area contributed by atoms with Crippen molar-refractivity contribution in [2.24, 2.45) is 0 Å². The summed E-state index contributed by atoms with van der Waals surface area (Å²) in [6.45, 7) is 7.29. The predicted octanol–water partition coefficient (Wildman–Crippen LogP) is 3.87. The number of carbonyl (C=O) groups is 2. The summed E-state index contributed by atoms with van der Waals surface area (Å²) in [5, 5.41) is 3.47. The Labute approximate surface area is 140 Å². The highest BCUT2D eigenvalue weighted by molar-refractivity contribution is 6.36. The van der Waals surface area contributed by atoms with E-state index in [0.717, 1.165) is 0 Å². The third-order valence-electron chi connectivity index (χ3n) is 2.58. The second kappa shape index (κ2) is 7.70. The van der Waals surface area contributed by atoms with Crippen molar-refractivity contribution >= 4 is 40.9 Å². The molecule has 0 aliphatic rings. The van der Waals surface area contributed by atoms with Gasteiger partial charge in [-0.15, -0.1) is 0 Å². The van der Waals surface area contributed by atoms with Gasteiger partial charge in [-0.05, 0) is 39.0 Å². The topological polar surface area (TPSA) is 58.6 Å². The second-order valence-electron chi connectivity index (χ2n) is 5.70. The molecular weight excluding hydrogens is 327 g/mol. The normalized spacial score (nSPS) is 11.0. The molecule has 0 atom stereocenters. The lowest BCUT2D eigenvalue weighted by molar-refractivity contribution is -0.116. The van der Waals surface area contributed by atoms with Crippen molar-refractivity contribution in [2.75, 3.05) is 18.0 Å². The van der Waals surface area contributed by atoms with E-state index in [1.54, 1.807) is 39.0 Å². The van der Waals surface area contributed by atoms with Crippen LogP contribution in [-0.2, 0) is 9.53 Å². The van der Waals surface area contributed by atoms with Crippen LogP contribution in [-0.4, -0.2) is 30.7 Å². The molecule has 122 valence electrons. The summed E-state index contributed by atoms with van der Waals surface area (Å²) in [5.74, 6) is -0.185. The number of nitrogens with one attached hydrogen (secondary N) is 1. The zero-order valence-corrected chi connectivity index (χ0v) is 14.6. The number of anilines is 1. The Bertz CT molecular complexity index is 556. The molecule has 1 aromatic carbocycles. The molecule has 0 saturated heterocycles. The van der Waals surface area contributed by atoms with Crippen molar-refractivity contribution < 1.29 is 14.3 Å². The van der Waals surface area contributed by atoms with Crippen LogP contribution >= 0.6 is 23.2 Å². The van der Waals surface area contributed by atoms with Gasteiger partial charge in [0.25, 0.3) is 0 Å². The zero-order chi connectivity index (χ0) is 16.9. The molecule has 0 unspecified atom stereocenters. The Kier molecular flexibility index (Phi) is 6.50. The molecule has 0 saturated carbocycles. The maximum Gasteiger partial charge on any atom is 0.407 e. The molecule has 22 heavy (non-hydrogen) atoms. The molecule has 0 aliphatic carbocycles. The predicted molar refractivity (Wildman–Crippen MR) is 88.7 cm³/mol. The summed E-state index contributed by atoms with van der Waals surface area (Å²) >= 11 is 12.0. The largest absolute Gasteiger partial charge is 0.444 e. The summed E-state index contributed by atoms with van der Waals surface area (Å²) in [7, 11) is 0. The van der Waals surface area contributed by atoms with Crippen molar-refractivity contribution in [3.8, 4) is 0 Å². The monoisotopic (exact) mass is 346 g/mol. The van der Waals surface area contributed by atoms with Crippen LogP contribution in [0.5, 0.6) is 0 Å². The average molecular weight is 347 g/mol. The van der Waals surface area contributed by atoms with Crippen LogP contribution < -0.4 is 10.2 Å². The van der Waals surface area contributed by atoms with Crippen LogP contribution in [0.25, 0.3) is 0 Å². The molecular formula is C15H20Cl2N2O3. The molecule has 1 N–H and O–H groups in total. The summed E-state index contributed by atoms with van der Waals surface area (Å²) in [6.07, 6.45) is -0.529. The van der Waals surface area contributed by atoms with Crippen molar-refractivity contribution in [1.82, 2.24) is 5.32 Å². The Morgan fingerprint density at radius 3 is 2.41 bits per heavy atom. The number of nitrogens with zero attached hydrogens (tertiary/aromatic N) is 1. The highest BCUT2D eigenvalue weighted by Gasteiger charge is 2.18. The fourth-order valence-electron chi connectivity index (χ4n) is 1.73. The standard InChI is InChI=1S/C15H20Cl2N2O3/c1-10(20)19(13-6-5-11(16)9-12(13)17)8-7-18-14(21)22-15(2,3)4/h5-6,9H,7-8H2,1-4H3,(H,18,21). The molecule has 0 aliphatic heterocycles. The fourth-order valence-corrected chi connectivity index (χ4v) is 2.24. The van der Waals surface area contributed by atoms with Crippen LogP contribution in [0.3, 0.4) is 0 Å². The van der Waals surface area contributed by atoms with Gasteiger partial charge in [0.05, 0.1) is 10.7 Å². The second-order valence-corrected chi connectivity index (χ2v) is 6.54. The number of halogens is 2. The molecule has 0 aromatic heterocycles. The first-order valence-corrected chi connectivity index (χ1v) is 7.56. The lowest BCUT2D eigenvalue weighted by atomic mass is 10.2. The lowest BCUT2D eigenvalue weighted by Gasteiger charge is -2.24. The van der Waals surface area contributed by atoms with Crippen molar-refractivity contribution in [1.29, 1.82) is 0 Å². The number of hydrogen-bond acceptors (Lipinski definition) is 3. The maximum absolute atomic E-state index is 11.8. The number of carbonyl (C=O) groups excluding carboxylic acids is 2. The molecule has 7 heteroatoms. The van der Waals surface area contributed by atoms with E-state index in [9.17, 15) is 9.59 Å². The van der Waals surface area contributed by atoms with Gasteiger partial charge in [0, 0.05) is 25.0 Å². The van der Waals surface area contributed by atoms with E-state index in [4.69, 9.17) is 27.9 Å².